The summed E-state index contributed by atoms with van der Waals surface area (Å²) in [6.07, 6.45) is 2.07. The van der Waals surface area contributed by atoms with E-state index in [2.05, 4.69) is 46.3 Å². The van der Waals surface area contributed by atoms with Crippen molar-refractivity contribution in [2.45, 2.75) is 19.4 Å². The molecule has 0 saturated carbocycles. The first-order valence-corrected chi connectivity index (χ1v) is 7.14. The lowest BCUT2D eigenvalue weighted by atomic mass is 10.1. The summed E-state index contributed by atoms with van der Waals surface area (Å²) in [7, 11) is 1.67. The fourth-order valence-corrected chi connectivity index (χ4v) is 2.72. The molecule has 0 N–H and O–H groups in total. The first-order valence-electron chi connectivity index (χ1n) is 7.14. The third-order valence-corrected chi connectivity index (χ3v) is 3.86. The van der Waals surface area contributed by atoms with Crippen molar-refractivity contribution in [1.82, 2.24) is 9.88 Å². The predicted octanol–water partition coefficient (Wildman–Crippen LogP) is 2.69. The maximum absolute atomic E-state index is 5.22. The van der Waals surface area contributed by atoms with E-state index in [-0.39, 0.29) is 0 Å². The number of aromatic nitrogens is 1. The topological polar surface area (TPSA) is 25.4 Å². The molecule has 1 aromatic heterocycles. The number of rotatable bonds is 3. The van der Waals surface area contributed by atoms with Crippen molar-refractivity contribution in [2.24, 2.45) is 0 Å². The maximum Gasteiger partial charge on any atom is 0.213 e. The molecule has 3 nitrogen and oxygen atoms in total. The summed E-state index contributed by atoms with van der Waals surface area (Å²) < 4.78 is 5.22. The van der Waals surface area contributed by atoms with Gasteiger partial charge in [0, 0.05) is 37.8 Å². The summed E-state index contributed by atoms with van der Waals surface area (Å²) in [5, 5.41) is 0. The van der Waals surface area contributed by atoms with Crippen molar-refractivity contribution in [3.8, 4) is 5.88 Å². The molecule has 0 bridgehead atoms. The van der Waals surface area contributed by atoms with Crippen LogP contribution in [-0.2, 0) is 19.4 Å². The van der Waals surface area contributed by atoms with Crippen molar-refractivity contribution >= 4 is 0 Å². The molecule has 0 atom stereocenters. The van der Waals surface area contributed by atoms with Crippen LogP contribution < -0.4 is 4.74 Å². The van der Waals surface area contributed by atoms with Gasteiger partial charge in [-0.15, -0.1) is 0 Å². The van der Waals surface area contributed by atoms with Gasteiger partial charge in [-0.1, -0.05) is 36.4 Å². The van der Waals surface area contributed by atoms with E-state index in [1.165, 1.54) is 16.8 Å². The Balaban J connectivity index is 1.69. The average Bonchev–Trinajstić information content (AvgIpc) is 2.70. The highest BCUT2D eigenvalue weighted by atomic mass is 16.5. The van der Waals surface area contributed by atoms with Crippen LogP contribution in [0.2, 0.25) is 0 Å². The Morgan fingerprint density at radius 2 is 1.85 bits per heavy atom. The second-order valence-corrected chi connectivity index (χ2v) is 5.22. The van der Waals surface area contributed by atoms with E-state index in [1.807, 2.05) is 6.07 Å². The molecule has 3 rings (SSSR count). The summed E-state index contributed by atoms with van der Waals surface area (Å²) in [4.78, 5) is 7.09. The van der Waals surface area contributed by atoms with Gasteiger partial charge in [0.05, 0.1) is 7.11 Å². The zero-order chi connectivity index (χ0) is 13.8. The average molecular weight is 268 g/mol. The smallest absolute Gasteiger partial charge is 0.213 e. The van der Waals surface area contributed by atoms with Gasteiger partial charge in [-0.2, -0.15) is 0 Å². The fourth-order valence-electron chi connectivity index (χ4n) is 2.72. The third-order valence-electron chi connectivity index (χ3n) is 3.86. The number of fused-ring (bicyclic) bond motifs is 1. The predicted molar refractivity (Wildman–Crippen MR) is 79.9 cm³/mol. The number of hydrogen-bond donors (Lipinski definition) is 0. The largest absolute Gasteiger partial charge is 0.481 e. The van der Waals surface area contributed by atoms with Crippen LogP contribution >= 0.6 is 0 Å². The number of hydrogen-bond acceptors (Lipinski definition) is 3. The van der Waals surface area contributed by atoms with Crippen LogP contribution in [0.3, 0.4) is 0 Å². The highest BCUT2D eigenvalue weighted by Crippen LogP contribution is 2.18. The molecule has 104 valence electrons. The van der Waals surface area contributed by atoms with E-state index >= 15 is 0 Å². The van der Waals surface area contributed by atoms with E-state index in [1.54, 1.807) is 7.11 Å². The van der Waals surface area contributed by atoms with Crippen molar-refractivity contribution in [1.29, 1.82) is 0 Å². The highest BCUT2D eigenvalue weighted by Gasteiger charge is 2.15. The van der Waals surface area contributed by atoms with Crippen LogP contribution in [0.4, 0.5) is 0 Å². The van der Waals surface area contributed by atoms with E-state index < -0.39 is 0 Å². The van der Waals surface area contributed by atoms with Gasteiger partial charge >= 0.3 is 0 Å². The normalized spacial score (nSPS) is 15.4. The lowest BCUT2D eigenvalue weighted by molar-refractivity contribution is 0.279. The fraction of sp³-hybridized carbons (Fsp3) is 0.353. The molecular weight excluding hydrogens is 248 g/mol. The highest BCUT2D eigenvalue weighted by molar-refractivity contribution is 5.27. The van der Waals surface area contributed by atoms with Crippen molar-refractivity contribution in [3.63, 3.8) is 0 Å². The molecule has 0 aliphatic carbocycles. The van der Waals surface area contributed by atoms with Gasteiger partial charge in [-0.05, 0) is 17.5 Å². The van der Waals surface area contributed by atoms with Crippen molar-refractivity contribution in [3.05, 3.63) is 59.3 Å². The van der Waals surface area contributed by atoms with Crippen LogP contribution in [0.15, 0.2) is 42.5 Å². The molecule has 0 amide bonds. The van der Waals surface area contributed by atoms with Gasteiger partial charge < -0.3 is 4.74 Å². The van der Waals surface area contributed by atoms with Crippen LogP contribution in [-0.4, -0.2) is 30.1 Å². The van der Waals surface area contributed by atoms with Crippen LogP contribution in [0, 0.1) is 0 Å². The van der Waals surface area contributed by atoms with E-state index in [0.29, 0.717) is 0 Å². The molecule has 3 heteroatoms. The minimum atomic E-state index is 0.722. The molecule has 1 aliphatic rings. The molecule has 2 aromatic rings. The van der Waals surface area contributed by atoms with Crippen molar-refractivity contribution in [2.75, 3.05) is 20.2 Å². The number of pyridine rings is 1. The molecule has 1 aliphatic heterocycles. The lowest BCUT2D eigenvalue weighted by Crippen LogP contribution is -2.25. The minimum Gasteiger partial charge on any atom is -0.481 e. The Kier molecular flexibility index (Phi) is 3.97. The van der Waals surface area contributed by atoms with E-state index in [9.17, 15) is 0 Å². The first kappa shape index (κ1) is 13.1. The number of methoxy groups -OCH3 is 1. The van der Waals surface area contributed by atoms with Gasteiger partial charge in [-0.25, -0.2) is 4.98 Å². The zero-order valence-corrected chi connectivity index (χ0v) is 11.9. The molecular formula is C17H20N2O. The first-order chi connectivity index (χ1) is 9.85. The van der Waals surface area contributed by atoms with Gasteiger partial charge in [0.2, 0.25) is 5.88 Å². The summed E-state index contributed by atoms with van der Waals surface area (Å²) in [6, 6.07) is 14.8. The molecule has 20 heavy (non-hydrogen) atoms. The zero-order valence-electron chi connectivity index (χ0n) is 11.9. The quantitative estimate of drug-likeness (QED) is 0.856. The van der Waals surface area contributed by atoms with Crippen LogP contribution in [0.5, 0.6) is 5.88 Å². The Labute approximate surface area is 120 Å². The Bertz CT molecular complexity index is 568. The number of ether oxygens (including phenoxy) is 1. The summed E-state index contributed by atoms with van der Waals surface area (Å²) >= 11 is 0. The monoisotopic (exact) mass is 268 g/mol. The Hall–Kier alpha value is -1.87. The second kappa shape index (κ2) is 6.06. The third kappa shape index (κ3) is 2.99. The molecule has 0 spiro atoms. The van der Waals surface area contributed by atoms with Gasteiger partial charge in [0.25, 0.3) is 0 Å². The number of benzene rings is 1. The van der Waals surface area contributed by atoms with Gasteiger partial charge in [-0.3, -0.25) is 4.90 Å². The van der Waals surface area contributed by atoms with Gasteiger partial charge in [0.1, 0.15) is 0 Å². The SMILES string of the molecule is COc1ccc2c(n1)CCN(Cc1ccccc1)CC2. The standard InChI is InChI=1S/C17H20N2O/c1-20-17-8-7-15-9-11-19(12-10-16(15)18-17)13-14-5-3-2-4-6-14/h2-8H,9-13H2,1H3. The van der Waals surface area contributed by atoms with Crippen molar-refractivity contribution < 1.29 is 4.74 Å². The molecule has 0 saturated heterocycles. The molecule has 0 radical (unpaired) electrons. The molecule has 0 unspecified atom stereocenters. The van der Waals surface area contributed by atoms with E-state index in [0.717, 1.165) is 38.4 Å². The minimum absolute atomic E-state index is 0.722. The Morgan fingerprint density at radius 1 is 1.05 bits per heavy atom. The maximum atomic E-state index is 5.22. The second-order valence-electron chi connectivity index (χ2n) is 5.22. The lowest BCUT2D eigenvalue weighted by Gasteiger charge is -2.19. The summed E-state index contributed by atoms with van der Waals surface area (Å²) in [5.74, 6) is 0.722. The Morgan fingerprint density at radius 3 is 2.65 bits per heavy atom. The van der Waals surface area contributed by atoms with Gasteiger partial charge in [0.15, 0.2) is 0 Å². The summed E-state index contributed by atoms with van der Waals surface area (Å²) in [6.45, 7) is 3.17. The molecule has 2 heterocycles. The van der Waals surface area contributed by atoms with Crippen LogP contribution in [0.25, 0.3) is 0 Å². The summed E-state index contributed by atoms with van der Waals surface area (Å²) in [5.41, 5.74) is 3.94. The van der Waals surface area contributed by atoms with E-state index in [4.69, 9.17) is 4.74 Å². The molecule has 1 aromatic carbocycles. The molecule has 0 fully saturated rings. The van der Waals surface area contributed by atoms with Crippen LogP contribution in [0.1, 0.15) is 16.8 Å². The number of nitrogens with zero attached hydrogens (tertiary/aromatic N) is 2.